The number of nitrogens with one attached hydrogen (secondary N) is 1. The average Bonchev–Trinajstić information content (AvgIpc) is 3.26. The van der Waals surface area contributed by atoms with Crippen LogP contribution in [0.2, 0.25) is 0 Å². The summed E-state index contributed by atoms with van der Waals surface area (Å²) in [5.41, 5.74) is 1.22. The molecule has 8 nitrogen and oxygen atoms in total. The van der Waals surface area contributed by atoms with Crippen LogP contribution in [0.1, 0.15) is 38.5 Å². The van der Waals surface area contributed by atoms with Gasteiger partial charge in [0, 0.05) is 37.4 Å². The fraction of sp³-hybridized carbons (Fsp3) is 0.440. The van der Waals surface area contributed by atoms with Gasteiger partial charge in [0.2, 0.25) is 21.8 Å². The Morgan fingerprint density at radius 3 is 2.29 bits per heavy atom. The van der Waals surface area contributed by atoms with Gasteiger partial charge in [0.05, 0.1) is 17.9 Å². The molecule has 182 valence electrons. The third-order valence-electron chi connectivity index (χ3n) is 6.77. The number of sulfonamides is 1. The van der Waals surface area contributed by atoms with Crippen LogP contribution in [0, 0.1) is 5.92 Å². The van der Waals surface area contributed by atoms with Crippen LogP contribution in [0.3, 0.4) is 0 Å². The first kappa shape index (κ1) is 24.2. The van der Waals surface area contributed by atoms with Crippen molar-refractivity contribution in [2.45, 2.75) is 49.5 Å². The lowest BCUT2D eigenvalue weighted by Gasteiger charge is -2.30. The third kappa shape index (κ3) is 5.10. The molecular weight excluding hydrogens is 454 g/mol. The van der Waals surface area contributed by atoms with Crippen LogP contribution in [-0.2, 0) is 19.6 Å². The number of methoxy groups -OCH3 is 1. The van der Waals surface area contributed by atoms with Crippen LogP contribution >= 0.6 is 0 Å². The predicted octanol–water partition coefficient (Wildman–Crippen LogP) is 3.64. The molecule has 1 atom stereocenters. The van der Waals surface area contributed by atoms with Gasteiger partial charge in [-0.3, -0.25) is 9.59 Å². The zero-order valence-electron chi connectivity index (χ0n) is 19.6. The summed E-state index contributed by atoms with van der Waals surface area (Å²) < 4.78 is 32.7. The summed E-state index contributed by atoms with van der Waals surface area (Å²) in [7, 11) is -0.367. The number of amides is 2. The molecule has 0 aromatic heterocycles. The Kier molecular flexibility index (Phi) is 7.23. The molecule has 1 heterocycles. The number of carbonyl (C=O) groups excluding carboxylic acids is 2. The molecule has 1 aliphatic heterocycles. The average molecular weight is 486 g/mol. The highest BCUT2D eigenvalue weighted by Crippen LogP contribution is 2.29. The molecular formula is C25H31N3O5S. The molecule has 1 unspecified atom stereocenters. The number of nitrogens with zero attached hydrogens (tertiary/aromatic N) is 2. The molecule has 4 rings (SSSR count). The number of carbonyl (C=O) groups is 2. The second-order valence-electron chi connectivity index (χ2n) is 8.93. The summed E-state index contributed by atoms with van der Waals surface area (Å²) in [4.78, 5) is 27.1. The van der Waals surface area contributed by atoms with Gasteiger partial charge in [-0.2, -0.15) is 4.31 Å². The van der Waals surface area contributed by atoms with Gasteiger partial charge in [0.1, 0.15) is 5.75 Å². The van der Waals surface area contributed by atoms with Gasteiger partial charge in [-0.15, -0.1) is 0 Å². The van der Waals surface area contributed by atoms with E-state index in [9.17, 15) is 18.0 Å². The number of anilines is 2. The van der Waals surface area contributed by atoms with Crippen LogP contribution in [0.15, 0.2) is 53.4 Å². The molecule has 2 amide bonds. The van der Waals surface area contributed by atoms with Gasteiger partial charge in [-0.1, -0.05) is 19.3 Å². The van der Waals surface area contributed by atoms with Crippen molar-refractivity contribution >= 4 is 33.2 Å². The van der Waals surface area contributed by atoms with E-state index in [2.05, 4.69) is 5.32 Å². The van der Waals surface area contributed by atoms with E-state index in [1.165, 1.54) is 16.4 Å². The normalized spacial score (nSPS) is 19.4. The smallest absolute Gasteiger partial charge is 0.243 e. The van der Waals surface area contributed by atoms with Crippen molar-refractivity contribution in [1.29, 1.82) is 0 Å². The minimum absolute atomic E-state index is 0.0340. The first-order valence-corrected chi connectivity index (χ1v) is 13.1. The molecule has 2 aromatic carbocycles. The van der Waals surface area contributed by atoms with E-state index < -0.39 is 15.9 Å². The summed E-state index contributed by atoms with van der Waals surface area (Å²) in [5.74, 6) is -0.174. The number of ether oxygens (including phenoxy) is 1. The van der Waals surface area contributed by atoms with Crippen LogP contribution in [-0.4, -0.2) is 51.3 Å². The van der Waals surface area contributed by atoms with Crippen molar-refractivity contribution in [2.24, 2.45) is 5.92 Å². The van der Waals surface area contributed by atoms with E-state index in [0.29, 0.717) is 11.4 Å². The molecule has 1 N–H and O–H groups in total. The van der Waals surface area contributed by atoms with E-state index in [4.69, 9.17) is 4.74 Å². The van der Waals surface area contributed by atoms with Crippen molar-refractivity contribution < 1.29 is 22.7 Å². The topological polar surface area (TPSA) is 96.0 Å². The highest BCUT2D eigenvalue weighted by Gasteiger charge is 2.35. The first-order valence-electron chi connectivity index (χ1n) is 11.6. The van der Waals surface area contributed by atoms with Crippen molar-refractivity contribution in [3.63, 3.8) is 0 Å². The quantitative estimate of drug-likeness (QED) is 0.646. The maximum absolute atomic E-state index is 13.0. The Morgan fingerprint density at radius 1 is 1.03 bits per heavy atom. The van der Waals surface area contributed by atoms with E-state index >= 15 is 0 Å². The van der Waals surface area contributed by atoms with Crippen LogP contribution in [0.25, 0.3) is 0 Å². The highest BCUT2D eigenvalue weighted by atomic mass is 32.2. The van der Waals surface area contributed by atoms with E-state index in [1.54, 1.807) is 55.5 Å². The standard InChI is InChI=1S/C25H31N3O5S/c1-27(20-6-4-3-5-7-20)34(31,32)23-14-8-19(9-15-23)26-25(30)18-16-24(29)28(17-18)21-10-12-22(33-2)13-11-21/h8-15,18,20H,3-7,16-17H2,1-2H3,(H,26,30). The molecule has 0 bridgehead atoms. The van der Waals surface area contributed by atoms with Crippen LogP contribution in [0.4, 0.5) is 11.4 Å². The Morgan fingerprint density at radius 2 is 1.68 bits per heavy atom. The van der Waals surface area contributed by atoms with E-state index in [0.717, 1.165) is 37.8 Å². The molecule has 1 saturated carbocycles. The molecule has 9 heteroatoms. The van der Waals surface area contributed by atoms with Crippen molar-refractivity contribution in [3.8, 4) is 5.75 Å². The van der Waals surface area contributed by atoms with Gasteiger partial charge in [0.15, 0.2) is 0 Å². The zero-order valence-corrected chi connectivity index (χ0v) is 20.4. The fourth-order valence-electron chi connectivity index (χ4n) is 4.66. The Labute approximate surface area is 200 Å². The van der Waals surface area contributed by atoms with Crippen LogP contribution in [0.5, 0.6) is 5.75 Å². The van der Waals surface area contributed by atoms with E-state index in [1.807, 2.05) is 0 Å². The lowest BCUT2D eigenvalue weighted by Crippen LogP contribution is -2.38. The summed E-state index contributed by atoms with van der Waals surface area (Å²) in [6.45, 7) is 0.287. The fourth-order valence-corrected chi connectivity index (χ4v) is 6.07. The van der Waals surface area contributed by atoms with Crippen LogP contribution < -0.4 is 15.0 Å². The van der Waals surface area contributed by atoms with Crippen molar-refractivity contribution in [1.82, 2.24) is 4.31 Å². The monoisotopic (exact) mass is 485 g/mol. The minimum atomic E-state index is -3.59. The largest absolute Gasteiger partial charge is 0.497 e. The summed E-state index contributed by atoms with van der Waals surface area (Å²) >= 11 is 0. The second kappa shape index (κ2) is 10.1. The number of rotatable bonds is 7. The Hall–Kier alpha value is -2.91. The third-order valence-corrected chi connectivity index (χ3v) is 8.69. The molecule has 2 aliphatic rings. The maximum atomic E-state index is 13.0. The highest BCUT2D eigenvalue weighted by molar-refractivity contribution is 7.89. The molecule has 0 radical (unpaired) electrons. The van der Waals surface area contributed by atoms with Crippen molar-refractivity contribution in [2.75, 3.05) is 30.9 Å². The molecule has 34 heavy (non-hydrogen) atoms. The zero-order chi connectivity index (χ0) is 24.3. The van der Waals surface area contributed by atoms with Gasteiger partial charge in [-0.25, -0.2) is 8.42 Å². The molecule has 1 aliphatic carbocycles. The van der Waals surface area contributed by atoms with Gasteiger partial charge >= 0.3 is 0 Å². The second-order valence-corrected chi connectivity index (χ2v) is 10.9. The Bertz CT molecular complexity index is 1130. The minimum Gasteiger partial charge on any atom is -0.497 e. The molecule has 2 fully saturated rings. The lowest BCUT2D eigenvalue weighted by molar-refractivity contribution is -0.122. The summed E-state index contributed by atoms with van der Waals surface area (Å²) in [6, 6.07) is 13.4. The SMILES string of the molecule is COc1ccc(N2CC(C(=O)Nc3ccc(S(=O)(=O)N(C)C4CCCCC4)cc3)CC2=O)cc1. The molecule has 1 saturated heterocycles. The molecule has 0 spiro atoms. The summed E-state index contributed by atoms with van der Waals surface area (Å²) in [6.07, 6.45) is 5.15. The number of hydrogen-bond donors (Lipinski definition) is 1. The van der Waals surface area contributed by atoms with E-state index in [-0.39, 0.29) is 35.7 Å². The van der Waals surface area contributed by atoms with Crippen molar-refractivity contribution in [3.05, 3.63) is 48.5 Å². The Balaban J connectivity index is 1.38. The van der Waals surface area contributed by atoms with Gasteiger partial charge in [-0.05, 0) is 61.4 Å². The lowest BCUT2D eigenvalue weighted by atomic mass is 9.96. The summed E-state index contributed by atoms with van der Waals surface area (Å²) in [5, 5.41) is 2.82. The number of hydrogen-bond acceptors (Lipinski definition) is 5. The number of benzene rings is 2. The predicted molar refractivity (Wildman–Crippen MR) is 130 cm³/mol. The van der Waals surface area contributed by atoms with Gasteiger partial charge < -0.3 is 15.0 Å². The maximum Gasteiger partial charge on any atom is 0.243 e. The van der Waals surface area contributed by atoms with Gasteiger partial charge in [0.25, 0.3) is 0 Å². The first-order chi connectivity index (χ1) is 16.3. The molecule has 2 aromatic rings.